The van der Waals surface area contributed by atoms with Gasteiger partial charge in [0.1, 0.15) is 19.3 Å². The summed E-state index contributed by atoms with van der Waals surface area (Å²) in [5, 5.41) is 10.6. The molecule has 0 aliphatic heterocycles. The fourth-order valence-electron chi connectivity index (χ4n) is 10.5. The van der Waals surface area contributed by atoms with Crippen LogP contribution in [0.2, 0.25) is 0 Å². The summed E-state index contributed by atoms with van der Waals surface area (Å²) in [6.07, 6.45) is 55.5. The van der Waals surface area contributed by atoms with E-state index in [9.17, 15) is 43.2 Å². The van der Waals surface area contributed by atoms with Crippen LogP contribution in [0.5, 0.6) is 0 Å². The average Bonchev–Trinajstić information content (AvgIpc) is 3.63. The molecule has 0 rings (SSSR count). The van der Waals surface area contributed by atoms with Crippen molar-refractivity contribution in [1.82, 2.24) is 0 Å². The van der Waals surface area contributed by atoms with E-state index in [-0.39, 0.29) is 25.7 Å². The molecule has 0 bridgehead atoms. The maximum Gasteiger partial charge on any atom is 0.472 e. The summed E-state index contributed by atoms with van der Waals surface area (Å²) in [6.45, 7) is 7.05. The molecule has 0 saturated heterocycles. The summed E-state index contributed by atoms with van der Waals surface area (Å²) >= 11 is 0. The number of esters is 4. The summed E-state index contributed by atoms with van der Waals surface area (Å²) < 4.78 is 68.1. The molecule has 0 heterocycles. The van der Waals surface area contributed by atoms with E-state index in [1.165, 1.54) is 148 Å². The van der Waals surface area contributed by atoms with Gasteiger partial charge in [0, 0.05) is 25.7 Å². The Morgan fingerprint density at radius 1 is 0.341 bits per heavy atom. The van der Waals surface area contributed by atoms with Crippen LogP contribution in [0.15, 0.2) is 24.3 Å². The maximum absolute atomic E-state index is 13.0. The van der Waals surface area contributed by atoms with Crippen molar-refractivity contribution in [3.63, 3.8) is 0 Å². The number of ether oxygens (including phenoxy) is 4. The summed E-state index contributed by atoms with van der Waals surface area (Å²) in [4.78, 5) is 72.3. The lowest BCUT2D eigenvalue weighted by atomic mass is 10.0. The molecule has 0 saturated carbocycles. The number of aliphatic hydroxyl groups excluding tert-OH is 1. The third-order valence-corrected chi connectivity index (χ3v) is 18.1. The molecule has 536 valence electrons. The Hall–Kier alpha value is -2.46. The van der Waals surface area contributed by atoms with E-state index < -0.39 is 97.5 Å². The molecule has 19 heteroatoms. The van der Waals surface area contributed by atoms with Gasteiger partial charge in [0.15, 0.2) is 12.2 Å². The normalized spacial score (nSPS) is 14.2. The van der Waals surface area contributed by atoms with Gasteiger partial charge >= 0.3 is 39.5 Å². The predicted octanol–water partition coefficient (Wildman–Crippen LogP) is 20.5. The van der Waals surface area contributed by atoms with Crippen molar-refractivity contribution in [2.75, 3.05) is 39.6 Å². The monoisotopic (exact) mass is 1330 g/mol. The van der Waals surface area contributed by atoms with Crippen LogP contribution in [0.3, 0.4) is 0 Å². The molecule has 2 unspecified atom stereocenters. The van der Waals surface area contributed by atoms with Gasteiger partial charge in [0.05, 0.1) is 26.4 Å². The summed E-state index contributed by atoms with van der Waals surface area (Å²) in [7, 11) is -9.90. The van der Waals surface area contributed by atoms with Gasteiger partial charge in [-0.1, -0.05) is 296 Å². The zero-order chi connectivity index (χ0) is 67.0. The molecule has 0 aliphatic rings. The Labute approximate surface area is 554 Å². The fraction of sp³-hybridized carbons (Fsp3) is 0.889. The topological polar surface area (TPSA) is 237 Å². The first kappa shape index (κ1) is 88.5. The number of hydrogen-bond donors (Lipinski definition) is 3. The molecule has 0 radical (unpaired) electrons. The van der Waals surface area contributed by atoms with E-state index >= 15 is 0 Å². The SMILES string of the molecule is CCCCCC/C=C\C=C/CCCCCCCC(=O)OC[C@H](COP(=O)(O)OC[C@@H](O)COP(=O)(O)OC[C@@H](COC(=O)CCCCCCC)OC(=O)CCCCCCCCCCC(C)C)OC(=O)CCCCCCCCCCCCCCCCCCCCCC. The molecule has 0 aromatic rings. The number of carbonyl (C=O) groups is 4. The lowest BCUT2D eigenvalue weighted by Gasteiger charge is -2.21. The molecule has 17 nitrogen and oxygen atoms in total. The van der Waals surface area contributed by atoms with Crippen molar-refractivity contribution in [1.29, 1.82) is 0 Å². The molecule has 0 aromatic heterocycles. The number of allylic oxidation sites excluding steroid dienone is 4. The number of phosphoric ester groups is 2. The van der Waals surface area contributed by atoms with E-state index in [1.54, 1.807) is 0 Å². The quantitative estimate of drug-likeness (QED) is 0.0169. The third kappa shape index (κ3) is 66.0. The predicted molar refractivity (Wildman–Crippen MR) is 368 cm³/mol. The second kappa shape index (κ2) is 64.9. The first-order chi connectivity index (χ1) is 44.0. The number of unbranched alkanes of at least 4 members (excludes halogenated alkanes) is 39. The Morgan fingerprint density at radius 3 is 0.901 bits per heavy atom. The highest BCUT2D eigenvalue weighted by Crippen LogP contribution is 2.45. The van der Waals surface area contributed by atoms with Crippen molar-refractivity contribution in [2.45, 2.75) is 368 Å². The first-order valence-corrected chi connectivity index (χ1v) is 39.9. The van der Waals surface area contributed by atoms with Crippen molar-refractivity contribution in [3.8, 4) is 0 Å². The maximum atomic E-state index is 13.0. The summed E-state index contributed by atoms with van der Waals surface area (Å²) in [5.41, 5.74) is 0. The minimum atomic E-state index is -4.96. The van der Waals surface area contributed by atoms with Gasteiger partial charge in [0.25, 0.3) is 0 Å². The van der Waals surface area contributed by atoms with Crippen molar-refractivity contribution in [2.24, 2.45) is 5.92 Å². The minimum absolute atomic E-state index is 0.101. The van der Waals surface area contributed by atoms with Crippen LogP contribution in [0.25, 0.3) is 0 Å². The van der Waals surface area contributed by atoms with Crippen LogP contribution in [0, 0.1) is 5.92 Å². The van der Waals surface area contributed by atoms with Gasteiger partial charge in [-0.3, -0.25) is 37.3 Å². The van der Waals surface area contributed by atoms with Gasteiger partial charge in [0.2, 0.25) is 0 Å². The van der Waals surface area contributed by atoms with Crippen molar-refractivity contribution < 1.29 is 80.2 Å². The Kier molecular flexibility index (Phi) is 63.1. The van der Waals surface area contributed by atoms with E-state index in [1.807, 2.05) is 0 Å². The average molecular weight is 1340 g/mol. The zero-order valence-electron chi connectivity index (χ0n) is 58.5. The van der Waals surface area contributed by atoms with Gasteiger partial charge in [-0.05, 0) is 57.3 Å². The van der Waals surface area contributed by atoms with Gasteiger partial charge < -0.3 is 33.8 Å². The van der Waals surface area contributed by atoms with Gasteiger partial charge in [-0.25, -0.2) is 9.13 Å². The van der Waals surface area contributed by atoms with Crippen molar-refractivity contribution >= 4 is 39.5 Å². The van der Waals surface area contributed by atoms with Crippen LogP contribution in [-0.2, 0) is 65.4 Å². The highest BCUT2D eigenvalue weighted by atomic mass is 31.2. The molecule has 0 fully saturated rings. The first-order valence-electron chi connectivity index (χ1n) is 37.0. The van der Waals surface area contributed by atoms with Crippen LogP contribution >= 0.6 is 15.6 Å². The second-order valence-corrected chi connectivity index (χ2v) is 28.7. The molecule has 0 aliphatic carbocycles. The van der Waals surface area contributed by atoms with Gasteiger partial charge in [-0.2, -0.15) is 0 Å². The number of phosphoric acid groups is 2. The molecule has 0 amide bonds. The van der Waals surface area contributed by atoms with Crippen LogP contribution < -0.4 is 0 Å². The van der Waals surface area contributed by atoms with Crippen molar-refractivity contribution in [3.05, 3.63) is 24.3 Å². The molecular formula is C72H136O17P2. The second-order valence-electron chi connectivity index (χ2n) is 25.8. The number of hydrogen-bond acceptors (Lipinski definition) is 15. The lowest BCUT2D eigenvalue weighted by molar-refractivity contribution is -0.161. The van der Waals surface area contributed by atoms with Crippen LogP contribution in [-0.4, -0.2) is 96.7 Å². The standard InChI is InChI=1S/C72H136O17P2/c1-6-9-12-15-17-19-21-23-25-26-27-28-29-31-33-35-37-42-47-52-57-71(76)89-68(62-83-70(75)56-51-46-41-36-34-32-30-24-22-20-18-16-13-10-7-2)64-87-91(80,81)85-60-66(73)59-84-90(78,79)86-63-67(61-82-69(74)55-50-44-14-11-8-3)88-72(77)58-53-48-43-39-38-40-45-49-54-65(4)5/h20,22,24,30,65-68,73H,6-19,21,23,25-29,31-64H2,1-5H3,(H,78,79)(H,80,81)/b22-20-,30-24-/t66-,67+,68+/m0/s1. The minimum Gasteiger partial charge on any atom is -0.462 e. The molecule has 3 N–H and O–H groups in total. The number of carbonyl (C=O) groups excluding carboxylic acids is 4. The van der Waals surface area contributed by atoms with E-state index in [0.717, 1.165) is 121 Å². The van der Waals surface area contributed by atoms with E-state index in [2.05, 4.69) is 58.9 Å². The van der Waals surface area contributed by atoms with E-state index in [0.29, 0.717) is 25.7 Å². The van der Waals surface area contributed by atoms with Gasteiger partial charge in [-0.15, -0.1) is 0 Å². The Morgan fingerprint density at radius 2 is 0.593 bits per heavy atom. The Bertz CT molecular complexity index is 1850. The third-order valence-electron chi connectivity index (χ3n) is 16.2. The largest absolute Gasteiger partial charge is 0.472 e. The highest BCUT2D eigenvalue weighted by molar-refractivity contribution is 7.47. The fourth-order valence-corrected chi connectivity index (χ4v) is 12.0. The zero-order valence-corrected chi connectivity index (χ0v) is 60.3. The molecule has 91 heavy (non-hydrogen) atoms. The summed E-state index contributed by atoms with van der Waals surface area (Å²) in [5.74, 6) is -1.45. The molecular weight excluding hydrogens is 1200 g/mol. The number of rotatable bonds is 70. The highest BCUT2D eigenvalue weighted by Gasteiger charge is 2.30. The summed E-state index contributed by atoms with van der Waals surface area (Å²) in [6, 6.07) is 0. The van der Waals surface area contributed by atoms with E-state index in [4.69, 9.17) is 37.0 Å². The van der Waals surface area contributed by atoms with Crippen LogP contribution in [0.1, 0.15) is 349 Å². The molecule has 0 spiro atoms. The van der Waals surface area contributed by atoms with Crippen LogP contribution in [0.4, 0.5) is 0 Å². The molecule has 0 aromatic carbocycles. The smallest absolute Gasteiger partial charge is 0.462 e. The Balaban J connectivity index is 5.17. The number of aliphatic hydroxyl groups is 1. The molecule has 5 atom stereocenters. The lowest BCUT2D eigenvalue weighted by Crippen LogP contribution is -2.30.